The largest absolute Gasteiger partial charge is 0.307 e. The minimum Gasteiger partial charge on any atom is -0.307 e. The fraction of sp³-hybridized carbons (Fsp3) is 0.167. The summed E-state index contributed by atoms with van der Waals surface area (Å²) in [4.78, 5) is 8.28. The number of nitrogens with one attached hydrogen (secondary N) is 1. The summed E-state index contributed by atoms with van der Waals surface area (Å²) in [5, 5.41) is 3.51. The highest BCUT2D eigenvalue weighted by Gasteiger charge is 2.18. The summed E-state index contributed by atoms with van der Waals surface area (Å²) in [5.41, 5.74) is 0.625. The maximum atomic E-state index is 13.2. The van der Waals surface area contributed by atoms with E-state index in [9.17, 15) is 4.39 Å². The van der Waals surface area contributed by atoms with Crippen molar-refractivity contribution in [1.82, 2.24) is 15.3 Å². The first-order valence-corrected chi connectivity index (χ1v) is 5.49. The van der Waals surface area contributed by atoms with Crippen molar-refractivity contribution in [3.63, 3.8) is 0 Å². The molecule has 1 N–H and O–H groups in total. The number of benzene rings is 1. The maximum Gasteiger partial charge on any atom is 0.149 e. The van der Waals surface area contributed by atoms with Crippen molar-refractivity contribution >= 4 is 11.6 Å². The van der Waals surface area contributed by atoms with Crippen LogP contribution in [-0.4, -0.2) is 17.0 Å². The molecule has 0 aliphatic rings. The molecule has 0 amide bonds. The van der Waals surface area contributed by atoms with Gasteiger partial charge in [0.25, 0.3) is 0 Å². The van der Waals surface area contributed by atoms with Crippen molar-refractivity contribution in [3.8, 4) is 0 Å². The second-order valence-electron chi connectivity index (χ2n) is 3.49. The van der Waals surface area contributed by atoms with Crippen molar-refractivity contribution in [3.05, 3.63) is 58.9 Å². The highest BCUT2D eigenvalue weighted by molar-refractivity contribution is 6.31. The Morgan fingerprint density at radius 1 is 1.29 bits per heavy atom. The fourth-order valence-corrected chi connectivity index (χ4v) is 1.85. The van der Waals surface area contributed by atoms with Crippen LogP contribution in [-0.2, 0) is 0 Å². The van der Waals surface area contributed by atoms with E-state index in [0.717, 1.165) is 0 Å². The van der Waals surface area contributed by atoms with E-state index in [0.29, 0.717) is 16.4 Å². The highest BCUT2D eigenvalue weighted by Crippen LogP contribution is 2.26. The number of hydrogen-bond donors (Lipinski definition) is 1. The zero-order chi connectivity index (χ0) is 12.3. The van der Waals surface area contributed by atoms with E-state index in [-0.39, 0.29) is 11.9 Å². The molecule has 1 heterocycles. The van der Waals surface area contributed by atoms with E-state index in [1.54, 1.807) is 25.5 Å². The predicted molar refractivity (Wildman–Crippen MR) is 64.3 cm³/mol. The van der Waals surface area contributed by atoms with Crippen LogP contribution in [0.5, 0.6) is 0 Å². The molecule has 88 valence electrons. The lowest BCUT2D eigenvalue weighted by Gasteiger charge is -2.16. The van der Waals surface area contributed by atoms with Gasteiger partial charge in [-0.3, -0.25) is 0 Å². The highest BCUT2D eigenvalue weighted by atomic mass is 35.5. The molecule has 1 aromatic carbocycles. The molecule has 1 unspecified atom stereocenters. The molecule has 2 rings (SSSR count). The average molecular weight is 252 g/mol. The molecule has 0 saturated carbocycles. The van der Waals surface area contributed by atoms with E-state index >= 15 is 0 Å². The lowest BCUT2D eigenvalue weighted by molar-refractivity contribution is 0.608. The number of rotatable bonds is 3. The molecule has 1 aromatic heterocycles. The summed E-state index contributed by atoms with van der Waals surface area (Å²) in [5.74, 6) is 0.225. The van der Waals surface area contributed by atoms with Crippen LogP contribution in [0.3, 0.4) is 0 Å². The first kappa shape index (κ1) is 12.0. The number of hydrogen-bond acceptors (Lipinski definition) is 3. The van der Waals surface area contributed by atoms with Crippen LogP contribution < -0.4 is 5.32 Å². The third-order valence-corrected chi connectivity index (χ3v) is 2.75. The van der Waals surface area contributed by atoms with Gasteiger partial charge >= 0.3 is 0 Å². The van der Waals surface area contributed by atoms with Crippen molar-refractivity contribution in [1.29, 1.82) is 0 Å². The van der Waals surface area contributed by atoms with Gasteiger partial charge in [-0.2, -0.15) is 0 Å². The van der Waals surface area contributed by atoms with Crippen LogP contribution in [0.1, 0.15) is 17.4 Å². The van der Waals surface area contributed by atoms with Crippen LogP contribution in [0.4, 0.5) is 4.39 Å². The lowest BCUT2D eigenvalue weighted by Crippen LogP contribution is -2.20. The molecule has 17 heavy (non-hydrogen) atoms. The molecular formula is C12H11ClFN3. The van der Waals surface area contributed by atoms with E-state index < -0.39 is 0 Å². The van der Waals surface area contributed by atoms with Gasteiger partial charge in [0, 0.05) is 17.4 Å². The Kier molecular flexibility index (Phi) is 3.66. The van der Waals surface area contributed by atoms with Gasteiger partial charge in [0.2, 0.25) is 0 Å². The Hall–Kier alpha value is -1.52. The lowest BCUT2D eigenvalue weighted by atomic mass is 10.1. The smallest absolute Gasteiger partial charge is 0.149 e. The number of aromatic nitrogens is 2. The van der Waals surface area contributed by atoms with Crippen molar-refractivity contribution in [2.24, 2.45) is 0 Å². The predicted octanol–water partition coefficient (Wildman–Crippen LogP) is 2.58. The minimum atomic E-state index is -0.333. The fourth-order valence-electron chi connectivity index (χ4n) is 1.62. The Labute approximate surface area is 104 Å². The Morgan fingerprint density at radius 3 is 2.65 bits per heavy atom. The molecule has 0 spiro atoms. The third-order valence-electron chi connectivity index (χ3n) is 2.40. The van der Waals surface area contributed by atoms with Gasteiger partial charge in [-0.15, -0.1) is 0 Å². The molecule has 0 saturated heterocycles. The van der Waals surface area contributed by atoms with Crippen LogP contribution in [0.25, 0.3) is 0 Å². The molecule has 0 bridgehead atoms. The van der Waals surface area contributed by atoms with E-state index in [4.69, 9.17) is 11.6 Å². The molecule has 0 aliphatic carbocycles. The van der Waals surface area contributed by atoms with E-state index in [2.05, 4.69) is 15.3 Å². The van der Waals surface area contributed by atoms with Crippen LogP contribution in [0.2, 0.25) is 5.02 Å². The molecule has 2 aromatic rings. The Bertz CT molecular complexity index is 504. The molecule has 0 fully saturated rings. The first-order chi connectivity index (χ1) is 8.22. The van der Waals surface area contributed by atoms with Crippen LogP contribution in [0.15, 0.2) is 36.7 Å². The minimum absolute atomic E-state index is 0.320. The molecule has 5 heteroatoms. The van der Waals surface area contributed by atoms with Crippen molar-refractivity contribution in [2.75, 3.05) is 7.05 Å². The quantitative estimate of drug-likeness (QED) is 0.911. The second kappa shape index (κ2) is 5.21. The van der Waals surface area contributed by atoms with Gasteiger partial charge in [0.15, 0.2) is 0 Å². The molecule has 0 aliphatic heterocycles. The first-order valence-electron chi connectivity index (χ1n) is 5.11. The summed E-state index contributed by atoms with van der Waals surface area (Å²) in [7, 11) is 1.75. The monoisotopic (exact) mass is 251 g/mol. The summed E-state index contributed by atoms with van der Waals surface area (Å²) in [6.07, 6.45) is 3.28. The normalized spacial score (nSPS) is 12.4. The van der Waals surface area contributed by atoms with Gasteiger partial charge in [-0.1, -0.05) is 11.6 Å². The van der Waals surface area contributed by atoms with E-state index in [1.807, 2.05) is 0 Å². The summed E-state index contributed by atoms with van der Waals surface area (Å²) >= 11 is 6.06. The molecule has 1 atom stereocenters. The standard InChI is InChI=1S/C12H11ClFN3/c1-15-11(12-16-5-2-6-17-12)9-7-8(14)3-4-10(9)13/h2-7,11,15H,1H3. The SMILES string of the molecule is CNC(c1ncccn1)c1cc(F)ccc1Cl. The Morgan fingerprint density at radius 2 is 2.00 bits per heavy atom. The van der Waals surface area contributed by atoms with Crippen LogP contribution in [0, 0.1) is 5.82 Å². The zero-order valence-corrected chi connectivity index (χ0v) is 9.95. The molecule has 0 radical (unpaired) electrons. The van der Waals surface area contributed by atoms with Gasteiger partial charge in [0.1, 0.15) is 11.6 Å². The third kappa shape index (κ3) is 2.60. The summed E-state index contributed by atoms with van der Waals surface area (Å²) in [6.45, 7) is 0. The topological polar surface area (TPSA) is 37.8 Å². The van der Waals surface area contributed by atoms with Gasteiger partial charge in [0.05, 0.1) is 6.04 Å². The summed E-state index contributed by atoms with van der Waals surface area (Å²) < 4.78 is 13.2. The second-order valence-corrected chi connectivity index (χ2v) is 3.90. The zero-order valence-electron chi connectivity index (χ0n) is 9.19. The van der Waals surface area contributed by atoms with Crippen molar-refractivity contribution < 1.29 is 4.39 Å². The van der Waals surface area contributed by atoms with Gasteiger partial charge in [-0.25, -0.2) is 14.4 Å². The molecular weight excluding hydrogens is 241 g/mol. The number of nitrogens with zero attached hydrogens (tertiary/aromatic N) is 2. The number of halogens is 2. The Balaban J connectivity index is 2.46. The van der Waals surface area contributed by atoms with Crippen LogP contribution >= 0.6 is 11.6 Å². The summed E-state index contributed by atoms with van der Waals surface area (Å²) in [6, 6.07) is 5.65. The van der Waals surface area contributed by atoms with E-state index in [1.165, 1.54) is 18.2 Å². The van der Waals surface area contributed by atoms with Gasteiger partial charge < -0.3 is 5.32 Å². The average Bonchev–Trinajstić information content (AvgIpc) is 2.36. The molecule has 3 nitrogen and oxygen atoms in total. The maximum absolute atomic E-state index is 13.2. The van der Waals surface area contributed by atoms with Crippen molar-refractivity contribution in [2.45, 2.75) is 6.04 Å². The van der Waals surface area contributed by atoms with Gasteiger partial charge in [-0.05, 0) is 36.9 Å².